The van der Waals surface area contributed by atoms with Crippen LogP contribution in [0.4, 0.5) is 5.69 Å². The molecule has 19 heavy (non-hydrogen) atoms. The van der Waals surface area contributed by atoms with Crippen molar-refractivity contribution in [2.75, 3.05) is 0 Å². The van der Waals surface area contributed by atoms with Crippen molar-refractivity contribution in [1.29, 1.82) is 0 Å². The molecule has 5 nitrogen and oxygen atoms in total. The third-order valence-corrected chi connectivity index (χ3v) is 4.11. The number of hydrogen-bond acceptors (Lipinski definition) is 4. The van der Waals surface area contributed by atoms with Gasteiger partial charge in [0.15, 0.2) is 0 Å². The van der Waals surface area contributed by atoms with Crippen molar-refractivity contribution >= 4 is 11.4 Å². The summed E-state index contributed by atoms with van der Waals surface area (Å²) >= 11 is 0. The van der Waals surface area contributed by atoms with Gasteiger partial charge in [-0.1, -0.05) is 5.16 Å². The van der Waals surface area contributed by atoms with Gasteiger partial charge < -0.3 is 4.84 Å². The number of rotatable bonds is 2. The molecule has 0 radical (unpaired) electrons. The van der Waals surface area contributed by atoms with E-state index in [-0.39, 0.29) is 16.7 Å². The largest absolute Gasteiger partial charge is 0.392 e. The molecule has 1 fully saturated rings. The lowest BCUT2D eigenvalue weighted by atomic mass is 9.90. The van der Waals surface area contributed by atoms with Gasteiger partial charge in [0.2, 0.25) is 0 Å². The van der Waals surface area contributed by atoms with Crippen LogP contribution in [0.3, 0.4) is 0 Å². The zero-order chi connectivity index (χ0) is 13.6. The molecule has 1 heterocycles. The summed E-state index contributed by atoms with van der Waals surface area (Å²) in [6, 6.07) is 3.51. The summed E-state index contributed by atoms with van der Waals surface area (Å²) in [4.78, 5) is 16.2. The van der Waals surface area contributed by atoms with E-state index in [2.05, 4.69) is 5.16 Å². The summed E-state index contributed by atoms with van der Waals surface area (Å²) < 4.78 is 0. The highest BCUT2D eigenvalue weighted by molar-refractivity contribution is 6.04. The second kappa shape index (κ2) is 4.33. The van der Waals surface area contributed by atoms with Crippen LogP contribution in [0.25, 0.3) is 0 Å². The molecule has 0 spiro atoms. The Balaban J connectivity index is 2.05. The van der Waals surface area contributed by atoms with Crippen LogP contribution < -0.4 is 0 Å². The van der Waals surface area contributed by atoms with E-state index in [1.54, 1.807) is 13.0 Å². The third kappa shape index (κ3) is 1.89. The zero-order valence-corrected chi connectivity index (χ0v) is 11.0. The van der Waals surface area contributed by atoms with Crippen molar-refractivity contribution in [2.24, 2.45) is 11.1 Å². The normalized spacial score (nSPS) is 24.8. The summed E-state index contributed by atoms with van der Waals surface area (Å²) in [6.07, 6.45) is 3.41. The van der Waals surface area contributed by atoms with E-state index >= 15 is 0 Å². The van der Waals surface area contributed by atoms with Gasteiger partial charge in [-0.05, 0) is 44.7 Å². The van der Waals surface area contributed by atoms with Crippen LogP contribution in [-0.2, 0) is 4.84 Å². The van der Waals surface area contributed by atoms with Crippen LogP contribution in [0.15, 0.2) is 17.3 Å². The summed E-state index contributed by atoms with van der Waals surface area (Å²) in [5.41, 5.74) is 3.63. The highest BCUT2D eigenvalue weighted by Crippen LogP contribution is 2.37. The van der Waals surface area contributed by atoms with Gasteiger partial charge >= 0.3 is 0 Å². The predicted octanol–water partition coefficient (Wildman–Crippen LogP) is 3.11. The molecule has 1 aliphatic carbocycles. The second-order valence-electron chi connectivity index (χ2n) is 5.37. The molecule has 2 unspecified atom stereocenters. The number of hydrogen-bond donors (Lipinski definition) is 0. The van der Waals surface area contributed by atoms with Crippen molar-refractivity contribution in [3.8, 4) is 0 Å². The summed E-state index contributed by atoms with van der Waals surface area (Å²) in [5.74, 6) is 0.306. The van der Waals surface area contributed by atoms with E-state index in [0.29, 0.717) is 11.5 Å². The monoisotopic (exact) mass is 260 g/mol. The van der Waals surface area contributed by atoms with Gasteiger partial charge in [-0.3, -0.25) is 10.1 Å². The Bertz CT molecular complexity index is 580. The fraction of sp³-hybridized carbons (Fsp3) is 0.500. The lowest BCUT2D eigenvalue weighted by molar-refractivity contribution is -0.385. The first kappa shape index (κ1) is 12.1. The zero-order valence-electron chi connectivity index (χ0n) is 11.0. The second-order valence-corrected chi connectivity index (χ2v) is 5.37. The van der Waals surface area contributed by atoms with Crippen LogP contribution in [-0.4, -0.2) is 16.7 Å². The Hall–Kier alpha value is -1.91. The molecular weight excluding hydrogens is 244 g/mol. The summed E-state index contributed by atoms with van der Waals surface area (Å²) in [7, 11) is 0. The minimum absolute atomic E-state index is 0.157. The molecule has 0 saturated heterocycles. The molecule has 1 aliphatic heterocycles. The molecule has 1 aromatic rings. The number of nitro groups is 1. The van der Waals surface area contributed by atoms with Crippen molar-refractivity contribution in [3.63, 3.8) is 0 Å². The molecule has 3 rings (SSSR count). The van der Waals surface area contributed by atoms with E-state index in [9.17, 15) is 10.1 Å². The number of aryl methyl sites for hydroxylation is 2. The van der Waals surface area contributed by atoms with Crippen molar-refractivity contribution < 1.29 is 9.76 Å². The topological polar surface area (TPSA) is 64.7 Å². The molecule has 2 aliphatic rings. The Morgan fingerprint density at radius 3 is 2.84 bits per heavy atom. The molecule has 0 amide bonds. The Morgan fingerprint density at radius 1 is 1.32 bits per heavy atom. The van der Waals surface area contributed by atoms with Gasteiger partial charge in [-0.15, -0.1) is 0 Å². The SMILES string of the molecule is Cc1cc(C)c([N+](=O)[O-])cc1C1=NOC2CCCC12. The number of fused-ring (bicyclic) bond motifs is 1. The number of nitrogens with zero attached hydrogens (tertiary/aromatic N) is 2. The molecule has 5 heteroatoms. The maximum Gasteiger partial charge on any atom is 0.272 e. The van der Waals surface area contributed by atoms with E-state index in [1.165, 1.54) is 0 Å². The smallest absolute Gasteiger partial charge is 0.272 e. The van der Waals surface area contributed by atoms with Gasteiger partial charge in [-0.25, -0.2) is 0 Å². The molecule has 0 bridgehead atoms. The van der Waals surface area contributed by atoms with E-state index in [1.807, 2.05) is 13.0 Å². The summed E-state index contributed by atoms with van der Waals surface area (Å²) in [6.45, 7) is 3.73. The number of benzene rings is 1. The Labute approximate surface area is 111 Å². The van der Waals surface area contributed by atoms with Gasteiger partial charge in [0.1, 0.15) is 6.10 Å². The quantitative estimate of drug-likeness (QED) is 0.606. The van der Waals surface area contributed by atoms with Gasteiger partial charge in [0, 0.05) is 23.1 Å². The van der Waals surface area contributed by atoms with Crippen molar-refractivity contribution in [1.82, 2.24) is 0 Å². The van der Waals surface area contributed by atoms with E-state index < -0.39 is 0 Å². The lowest BCUT2D eigenvalue weighted by Gasteiger charge is -2.11. The van der Waals surface area contributed by atoms with Gasteiger partial charge in [-0.2, -0.15) is 0 Å². The lowest BCUT2D eigenvalue weighted by Crippen LogP contribution is -2.18. The molecule has 0 aromatic heterocycles. The van der Waals surface area contributed by atoms with Crippen LogP contribution in [0.5, 0.6) is 0 Å². The third-order valence-electron chi connectivity index (χ3n) is 4.11. The van der Waals surface area contributed by atoms with Crippen LogP contribution in [0.2, 0.25) is 0 Å². The maximum absolute atomic E-state index is 11.1. The van der Waals surface area contributed by atoms with Crippen molar-refractivity contribution in [2.45, 2.75) is 39.2 Å². The van der Waals surface area contributed by atoms with E-state index in [0.717, 1.165) is 36.1 Å². The number of nitro benzene ring substituents is 1. The average Bonchev–Trinajstić information content (AvgIpc) is 2.91. The molecule has 2 atom stereocenters. The minimum Gasteiger partial charge on any atom is -0.392 e. The molecule has 0 N–H and O–H groups in total. The standard InChI is InChI=1S/C14H16N2O3/c1-8-6-9(2)12(16(17)18)7-11(8)14-10-4-3-5-13(10)19-15-14/h6-7,10,13H,3-5H2,1-2H3. The van der Waals surface area contributed by atoms with Crippen LogP contribution in [0, 0.1) is 29.9 Å². The Morgan fingerprint density at radius 2 is 2.11 bits per heavy atom. The molecule has 100 valence electrons. The fourth-order valence-corrected chi connectivity index (χ4v) is 3.12. The first-order chi connectivity index (χ1) is 9.08. The fourth-order valence-electron chi connectivity index (χ4n) is 3.12. The van der Waals surface area contributed by atoms with Gasteiger partial charge in [0.25, 0.3) is 5.69 Å². The van der Waals surface area contributed by atoms with Crippen molar-refractivity contribution in [3.05, 3.63) is 38.9 Å². The first-order valence-electron chi connectivity index (χ1n) is 6.57. The maximum atomic E-state index is 11.1. The molecule has 1 saturated carbocycles. The average molecular weight is 260 g/mol. The highest BCUT2D eigenvalue weighted by atomic mass is 16.6. The first-order valence-corrected chi connectivity index (χ1v) is 6.57. The van der Waals surface area contributed by atoms with E-state index in [4.69, 9.17) is 4.84 Å². The number of oxime groups is 1. The van der Waals surface area contributed by atoms with Crippen LogP contribution in [0.1, 0.15) is 36.0 Å². The molecular formula is C14H16N2O3. The van der Waals surface area contributed by atoms with Gasteiger partial charge in [0.05, 0.1) is 10.6 Å². The summed E-state index contributed by atoms with van der Waals surface area (Å²) in [5, 5.41) is 15.2. The molecule has 1 aromatic carbocycles. The highest BCUT2D eigenvalue weighted by Gasteiger charge is 2.39. The predicted molar refractivity (Wildman–Crippen MR) is 71.3 cm³/mol. The van der Waals surface area contributed by atoms with Crippen LogP contribution >= 0.6 is 0 Å². The minimum atomic E-state index is -0.333. The Kier molecular flexibility index (Phi) is 2.77.